The number of anilines is 3. The van der Waals surface area contributed by atoms with E-state index in [1.165, 1.54) is 33.3 Å². The van der Waals surface area contributed by atoms with Crippen molar-refractivity contribution in [3.05, 3.63) is 70.4 Å². The van der Waals surface area contributed by atoms with E-state index in [4.69, 9.17) is 9.47 Å². The van der Waals surface area contributed by atoms with E-state index in [9.17, 15) is 14.4 Å². The van der Waals surface area contributed by atoms with Crippen molar-refractivity contribution in [3.8, 4) is 5.82 Å². The molecule has 4 aromatic heterocycles. The maximum Gasteiger partial charge on any atom is 0.415 e. The fraction of sp³-hybridized carbons (Fsp3) is 0.308. The normalized spacial score (nSPS) is 11.3. The van der Waals surface area contributed by atoms with Crippen LogP contribution in [0.4, 0.5) is 22.1 Å². The Balaban J connectivity index is 1.81. The van der Waals surface area contributed by atoms with Gasteiger partial charge in [-0.3, -0.25) is 14.3 Å². The number of ether oxygens (including phenoxy) is 2. The lowest BCUT2D eigenvalue weighted by Gasteiger charge is -2.25. The third-order valence-corrected chi connectivity index (χ3v) is 5.29. The lowest BCUT2D eigenvalue weighted by Crippen LogP contribution is -2.35. The van der Waals surface area contributed by atoms with Crippen molar-refractivity contribution in [1.29, 1.82) is 0 Å². The highest BCUT2D eigenvalue weighted by molar-refractivity contribution is 5.97. The van der Waals surface area contributed by atoms with Crippen LogP contribution in [0, 0.1) is 6.92 Å². The predicted molar refractivity (Wildman–Crippen MR) is 141 cm³/mol. The van der Waals surface area contributed by atoms with Crippen molar-refractivity contribution in [1.82, 2.24) is 24.1 Å². The lowest BCUT2D eigenvalue weighted by atomic mass is 10.2. The van der Waals surface area contributed by atoms with Gasteiger partial charge in [-0.15, -0.1) is 0 Å². The van der Waals surface area contributed by atoms with Gasteiger partial charge in [-0.2, -0.15) is 9.61 Å². The molecule has 0 radical (unpaired) electrons. The number of nitrogens with one attached hydrogen (secondary N) is 1. The number of esters is 1. The van der Waals surface area contributed by atoms with Crippen molar-refractivity contribution >= 4 is 35.0 Å². The van der Waals surface area contributed by atoms with Crippen molar-refractivity contribution in [2.24, 2.45) is 0 Å². The SMILES string of the molecule is CCOC(=O)c1cnn2c(N(C)C(=O)OC(C)(C)C)cc(Nc3cccn(-c4cccc(C)n4)c3=O)nc12. The van der Waals surface area contributed by atoms with Gasteiger partial charge < -0.3 is 14.8 Å². The average Bonchev–Trinajstić information content (AvgIpc) is 3.27. The minimum absolute atomic E-state index is 0.101. The van der Waals surface area contributed by atoms with Crippen LogP contribution in [0.5, 0.6) is 0 Å². The van der Waals surface area contributed by atoms with E-state index in [2.05, 4.69) is 20.4 Å². The first-order chi connectivity index (χ1) is 18.0. The Morgan fingerprint density at radius 3 is 2.58 bits per heavy atom. The third-order valence-electron chi connectivity index (χ3n) is 5.29. The monoisotopic (exact) mass is 519 g/mol. The van der Waals surface area contributed by atoms with Crippen LogP contribution >= 0.6 is 0 Å². The second-order valence-electron chi connectivity index (χ2n) is 9.41. The molecule has 0 aliphatic rings. The molecule has 4 aromatic rings. The number of amides is 1. The van der Waals surface area contributed by atoms with Crippen molar-refractivity contribution < 1.29 is 19.1 Å². The number of pyridine rings is 2. The van der Waals surface area contributed by atoms with Gasteiger partial charge in [0.05, 0.1) is 12.8 Å². The molecule has 1 N–H and O–H groups in total. The van der Waals surface area contributed by atoms with E-state index in [0.717, 1.165) is 5.69 Å². The summed E-state index contributed by atoms with van der Waals surface area (Å²) in [6.45, 7) is 8.95. The average molecular weight is 520 g/mol. The second-order valence-corrected chi connectivity index (χ2v) is 9.41. The van der Waals surface area contributed by atoms with Crippen molar-refractivity contribution in [3.63, 3.8) is 0 Å². The molecule has 0 saturated heterocycles. The van der Waals surface area contributed by atoms with Gasteiger partial charge in [0.15, 0.2) is 5.65 Å². The van der Waals surface area contributed by atoms with Gasteiger partial charge in [-0.1, -0.05) is 6.07 Å². The van der Waals surface area contributed by atoms with Crippen LogP contribution < -0.4 is 15.8 Å². The molecule has 0 aromatic carbocycles. The molecule has 0 spiro atoms. The molecule has 0 fully saturated rings. The van der Waals surface area contributed by atoms with E-state index in [-0.39, 0.29) is 40.7 Å². The van der Waals surface area contributed by atoms with Gasteiger partial charge in [0.1, 0.15) is 34.3 Å². The quantitative estimate of drug-likeness (QED) is 0.377. The van der Waals surface area contributed by atoms with Gasteiger partial charge in [-0.05, 0) is 58.9 Å². The fourth-order valence-electron chi connectivity index (χ4n) is 3.60. The molecule has 198 valence electrons. The minimum atomic E-state index is -0.738. The first kappa shape index (κ1) is 26.3. The van der Waals surface area contributed by atoms with Crippen LogP contribution in [-0.4, -0.2) is 55.5 Å². The number of nitrogens with zero attached hydrogens (tertiary/aromatic N) is 6. The zero-order valence-electron chi connectivity index (χ0n) is 22.1. The van der Waals surface area contributed by atoms with Crippen molar-refractivity contribution in [2.75, 3.05) is 23.9 Å². The van der Waals surface area contributed by atoms with Crippen LogP contribution in [0.15, 0.2) is 53.6 Å². The molecular formula is C26H29N7O5. The van der Waals surface area contributed by atoms with Gasteiger partial charge in [-0.25, -0.2) is 19.6 Å². The van der Waals surface area contributed by atoms with Gasteiger partial charge in [0.25, 0.3) is 5.56 Å². The summed E-state index contributed by atoms with van der Waals surface area (Å²) in [4.78, 5) is 48.9. The smallest absolute Gasteiger partial charge is 0.415 e. The van der Waals surface area contributed by atoms with Crippen LogP contribution in [0.1, 0.15) is 43.7 Å². The highest BCUT2D eigenvalue weighted by Gasteiger charge is 2.25. The highest BCUT2D eigenvalue weighted by Crippen LogP contribution is 2.25. The maximum absolute atomic E-state index is 13.3. The summed E-state index contributed by atoms with van der Waals surface area (Å²) in [7, 11) is 1.51. The number of fused-ring (bicyclic) bond motifs is 1. The number of rotatable bonds is 6. The Hall–Kier alpha value is -4.74. The summed E-state index contributed by atoms with van der Waals surface area (Å²) < 4.78 is 13.4. The zero-order valence-corrected chi connectivity index (χ0v) is 22.1. The fourth-order valence-corrected chi connectivity index (χ4v) is 3.60. The Morgan fingerprint density at radius 2 is 1.89 bits per heavy atom. The molecule has 12 nitrogen and oxygen atoms in total. The molecular weight excluding hydrogens is 490 g/mol. The number of hydrogen-bond acceptors (Lipinski definition) is 9. The first-order valence-electron chi connectivity index (χ1n) is 11.9. The number of carbonyl (C=O) groups is 2. The Morgan fingerprint density at radius 1 is 1.13 bits per heavy atom. The van der Waals surface area contributed by atoms with E-state index < -0.39 is 17.7 Å². The van der Waals surface area contributed by atoms with E-state index in [1.54, 1.807) is 52.1 Å². The molecule has 0 aliphatic carbocycles. The largest absolute Gasteiger partial charge is 0.462 e. The summed E-state index contributed by atoms with van der Waals surface area (Å²) in [5, 5.41) is 7.27. The van der Waals surface area contributed by atoms with Crippen LogP contribution in [-0.2, 0) is 9.47 Å². The molecule has 38 heavy (non-hydrogen) atoms. The number of aromatic nitrogens is 5. The van der Waals surface area contributed by atoms with Crippen LogP contribution in [0.25, 0.3) is 11.5 Å². The van der Waals surface area contributed by atoms with E-state index in [0.29, 0.717) is 5.82 Å². The van der Waals surface area contributed by atoms with E-state index >= 15 is 0 Å². The molecule has 0 aliphatic heterocycles. The first-order valence-corrected chi connectivity index (χ1v) is 11.9. The lowest BCUT2D eigenvalue weighted by molar-refractivity contribution is 0.0527. The summed E-state index contributed by atoms with van der Waals surface area (Å²) in [5.74, 6) is 0.290. The summed E-state index contributed by atoms with van der Waals surface area (Å²) >= 11 is 0. The standard InChI is InChI=1S/C26H29N7O5/c1-7-37-24(35)17-15-27-33-21(31(6)25(36)38-26(3,4)5)14-19(30-22(17)33)29-18-11-9-13-32(23(18)34)20-12-8-10-16(2)28-20/h8-15H,7H2,1-6H3,(H,29,30). The number of hydrogen-bond donors (Lipinski definition) is 1. The van der Waals surface area contributed by atoms with E-state index in [1.807, 2.05) is 19.1 Å². The minimum Gasteiger partial charge on any atom is -0.462 e. The molecule has 0 bridgehead atoms. The van der Waals surface area contributed by atoms with Gasteiger partial charge >= 0.3 is 12.1 Å². The van der Waals surface area contributed by atoms with Gasteiger partial charge in [0.2, 0.25) is 0 Å². The molecule has 4 heterocycles. The molecule has 12 heteroatoms. The highest BCUT2D eigenvalue weighted by atomic mass is 16.6. The summed E-state index contributed by atoms with van der Waals surface area (Å²) in [6.07, 6.45) is 2.29. The number of carbonyl (C=O) groups excluding carboxylic acids is 2. The Bertz CT molecular complexity index is 1570. The van der Waals surface area contributed by atoms with Crippen LogP contribution in [0.3, 0.4) is 0 Å². The molecule has 0 saturated carbocycles. The third kappa shape index (κ3) is 5.48. The Kier molecular flexibility index (Phi) is 7.15. The zero-order chi connectivity index (χ0) is 27.6. The second kappa shape index (κ2) is 10.3. The summed E-state index contributed by atoms with van der Waals surface area (Å²) in [5.41, 5.74) is 0.0999. The molecule has 4 rings (SSSR count). The summed E-state index contributed by atoms with van der Waals surface area (Å²) in [6, 6.07) is 10.2. The molecule has 0 unspecified atom stereocenters. The van der Waals surface area contributed by atoms with Gasteiger partial charge in [0, 0.05) is 25.0 Å². The topological polar surface area (TPSA) is 133 Å². The predicted octanol–water partition coefficient (Wildman–Crippen LogP) is 3.88. The molecule has 0 atom stereocenters. The Labute approximate surface area is 218 Å². The van der Waals surface area contributed by atoms with Crippen LogP contribution in [0.2, 0.25) is 0 Å². The van der Waals surface area contributed by atoms with Crippen molar-refractivity contribution in [2.45, 2.75) is 40.2 Å². The maximum atomic E-state index is 13.3. The number of aryl methyl sites for hydroxylation is 1. The molecule has 1 amide bonds.